The van der Waals surface area contributed by atoms with Crippen molar-refractivity contribution in [1.82, 2.24) is 14.8 Å². The zero-order chi connectivity index (χ0) is 21.2. The van der Waals surface area contributed by atoms with E-state index in [2.05, 4.69) is 10.3 Å². The number of carbonyl (C=O) groups excluding carboxylic acids is 2. The molecule has 0 radical (unpaired) electrons. The third kappa shape index (κ3) is 6.29. The highest BCUT2D eigenvalue weighted by Gasteiger charge is 2.18. The minimum Gasteiger partial charge on any atom is -0.383 e. The van der Waals surface area contributed by atoms with Crippen LogP contribution in [-0.4, -0.2) is 60.1 Å². The van der Waals surface area contributed by atoms with Crippen LogP contribution in [0.2, 0.25) is 0 Å². The molecule has 3 amide bonds. The maximum absolute atomic E-state index is 12.8. The molecule has 0 atom stereocenters. The normalized spacial score (nSPS) is 14.1. The lowest BCUT2D eigenvalue weighted by Gasteiger charge is -2.23. The monoisotopic (exact) mass is 410 g/mol. The van der Waals surface area contributed by atoms with Gasteiger partial charge in [-0.3, -0.25) is 9.78 Å². The van der Waals surface area contributed by atoms with E-state index in [1.165, 1.54) is 12.8 Å². The average Bonchev–Trinajstić information content (AvgIpc) is 3.07. The molecule has 30 heavy (non-hydrogen) atoms. The Balaban J connectivity index is 1.61. The summed E-state index contributed by atoms with van der Waals surface area (Å²) < 4.78 is 5.14. The summed E-state index contributed by atoms with van der Waals surface area (Å²) in [6.45, 7) is 2.98. The van der Waals surface area contributed by atoms with Gasteiger partial charge in [-0.2, -0.15) is 0 Å². The molecule has 0 unspecified atom stereocenters. The van der Waals surface area contributed by atoms with Gasteiger partial charge in [-0.25, -0.2) is 4.79 Å². The predicted octanol–water partition coefficient (Wildman–Crippen LogP) is 3.78. The smallest absolute Gasteiger partial charge is 0.322 e. The molecule has 1 fully saturated rings. The van der Waals surface area contributed by atoms with Crippen molar-refractivity contribution < 1.29 is 14.3 Å². The molecule has 160 valence electrons. The van der Waals surface area contributed by atoms with E-state index in [0.717, 1.165) is 31.5 Å². The molecule has 2 aromatic rings. The minimum atomic E-state index is -0.220. The summed E-state index contributed by atoms with van der Waals surface area (Å²) in [5.41, 5.74) is 2.25. The van der Waals surface area contributed by atoms with Gasteiger partial charge in [0.05, 0.1) is 6.61 Å². The third-order valence-electron chi connectivity index (χ3n) is 5.23. The van der Waals surface area contributed by atoms with Gasteiger partial charge in [-0.05, 0) is 48.7 Å². The van der Waals surface area contributed by atoms with Crippen molar-refractivity contribution in [3.63, 3.8) is 0 Å². The van der Waals surface area contributed by atoms with Gasteiger partial charge in [0.2, 0.25) is 0 Å². The number of methoxy groups -OCH3 is 1. The van der Waals surface area contributed by atoms with Crippen LogP contribution in [0.4, 0.5) is 10.5 Å². The van der Waals surface area contributed by atoms with Gasteiger partial charge in [0.1, 0.15) is 0 Å². The summed E-state index contributed by atoms with van der Waals surface area (Å²) in [4.78, 5) is 33.2. The number of anilines is 1. The zero-order valence-electron chi connectivity index (χ0n) is 17.5. The molecule has 0 saturated carbocycles. The van der Waals surface area contributed by atoms with E-state index in [-0.39, 0.29) is 11.9 Å². The molecule has 1 aromatic carbocycles. The fourth-order valence-corrected chi connectivity index (χ4v) is 3.52. The molecule has 0 aliphatic carbocycles. The lowest BCUT2D eigenvalue weighted by Crippen LogP contribution is -2.37. The number of amides is 3. The number of rotatable bonds is 7. The van der Waals surface area contributed by atoms with E-state index < -0.39 is 0 Å². The van der Waals surface area contributed by atoms with Crippen LogP contribution in [0.15, 0.2) is 48.8 Å². The SMILES string of the molecule is COCCN(Cc1cccnc1)C(=O)Nc1ccc(C(=O)N2CCCCCC2)cc1. The first-order valence-electron chi connectivity index (χ1n) is 10.5. The molecule has 3 rings (SSSR count). The molecule has 1 aromatic heterocycles. The first kappa shape index (κ1) is 21.8. The fourth-order valence-electron chi connectivity index (χ4n) is 3.52. The van der Waals surface area contributed by atoms with Crippen molar-refractivity contribution in [2.24, 2.45) is 0 Å². The number of benzene rings is 1. The van der Waals surface area contributed by atoms with E-state index in [0.29, 0.717) is 30.9 Å². The Morgan fingerprint density at radius 2 is 1.83 bits per heavy atom. The van der Waals surface area contributed by atoms with Gasteiger partial charge in [0.25, 0.3) is 5.91 Å². The van der Waals surface area contributed by atoms with Crippen LogP contribution in [-0.2, 0) is 11.3 Å². The van der Waals surface area contributed by atoms with Crippen molar-refractivity contribution in [2.75, 3.05) is 38.7 Å². The molecular weight excluding hydrogens is 380 g/mol. The summed E-state index contributed by atoms with van der Waals surface area (Å²) in [6.07, 6.45) is 7.96. The lowest BCUT2D eigenvalue weighted by atomic mass is 10.1. The van der Waals surface area contributed by atoms with Gasteiger partial charge < -0.3 is 19.9 Å². The van der Waals surface area contributed by atoms with Crippen LogP contribution in [0, 0.1) is 0 Å². The standard InChI is InChI=1S/C23H30N4O3/c1-30-16-15-27(18-19-7-6-12-24-17-19)23(29)25-21-10-8-20(9-11-21)22(28)26-13-4-2-3-5-14-26/h6-12,17H,2-5,13-16,18H2,1H3,(H,25,29). The van der Waals surface area contributed by atoms with Gasteiger partial charge in [0, 0.05) is 56.9 Å². The van der Waals surface area contributed by atoms with Crippen LogP contribution in [0.1, 0.15) is 41.6 Å². The second-order valence-electron chi connectivity index (χ2n) is 7.49. The maximum atomic E-state index is 12.8. The Morgan fingerprint density at radius 1 is 1.10 bits per heavy atom. The number of ether oxygens (including phenoxy) is 1. The second kappa shape index (κ2) is 11.3. The van der Waals surface area contributed by atoms with Gasteiger partial charge in [-0.15, -0.1) is 0 Å². The zero-order valence-corrected chi connectivity index (χ0v) is 17.5. The van der Waals surface area contributed by atoms with Crippen molar-refractivity contribution in [3.05, 3.63) is 59.9 Å². The minimum absolute atomic E-state index is 0.0630. The molecule has 1 aliphatic rings. The highest BCUT2D eigenvalue weighted by Crippen LogP contribution is 2.16. The average molecular weight is 411 g/mol. The third-order valence-corrected chi connectivity index (χ3v) is 5.23. The summed E-state index contributed by atoms with van der Waals surface area (Å²) in [7, 11) is 1.61. The largest absolute Gasteiger partial charge is 0.383 e. The predicted molar refractivity (Wildman–Crippen MR) is 116 cm³/mol. The number of hydrogen-bond donors (Lipinski definition) is 1. The van der Waals surface area contributed by atoms with Crippen LogP contribution >= 0.6 is 0 Å². The van der Waals surface area contributed by atoms with Crippen molar-refractivity contribution >= 4 is 17.6 Å². The van der Waals surface area contributed by atoms with Gasteiger partial charge in [0.15, 0.2) is 0 Å². The highest BCUT2D eigenvalue weighted by molar-refractivity contribution is 5.95. The van der Waals surface area contributed by atoms with E-state index in [9.17, 15) is 9.59 Å². The highest BCUT2D eigenvalue weighted by atomic mass is 16.5. The van der Waals surface area contributed by atoms with E-state index >= 15 is 0 Å². The first-order valence-corrected chi connectivity index (χ1v) is 10.5. The Kier molecular flexibility index (Phi) is 8.20. The Bertz CT molecular complexity index is 803. The molecule has 1 saturated heterocycles. The molecule has 1 aliphatic heterocycles. The molecule has 7 nitrogen and oxygen atoms in total. The molecule has 2 heterocycles. The van der Waals surface area contributed by atoms with Crippen LogP contribution in [0.3, 0.4) is 0 Å². The maximum Gasteiger partial charge on any atom is 0.322 e. The first-order chi connectivity index (χ1) is 14.7. The number of nitrogens with one attached hydrogen (secondary N) is 1. The number of nitrogens with zero attached hydrogens (tertiary/aromatic N) is 3. The van der Waals surface area contributed by atoms with E-state index in [1.54, 1.807) is 48.7 Å². The van der Waals surface area contributed by atoms with Crippen LogP contribution in [0.5, 0.6) is 0 Å². The number of pyridine rings is 1. The van der Waals surface area contributed by atoms with Crippen molar-refractivity contribution in [3.8, 4) is 0 Å². The van der Waals surface area contributed by atoms with Gasteiger partial charge in [-0.1, -0.05) is 18.9 Å². The topological polar surface area (TPSA) is 74.8 Å². The Morgan fingerprint density at radius 3 is 2.47 bits per heavy atom. The number of urea groups is 1. The Labute approximate surface area is 178 Å². The second-order valence-corrected chi connectivity index (χ2v) is 7.49. The van der Waals surface area contributed by atoms with Crippen molar-refractivity contribution in [1.29, 1.82) is 0 Å². The van der Waals surface area contributed by atoms with E-state index in [4.69, 9.17) is 4.74 Å². The number of likely N-dealkylation sites (tertiary alicyclic amines) is 1. The molecule has 7 heteroatoms. The van der Waals surface area contributed by atoms with Gasteiger partial charge >= 0.3 is 6.03 Å². The number of aromatic nitrogens is 1. The summed E-state index contributed by atoms with van der Waals surface area (Å²) in [5.74, 6) is 0.0630. The fraction of sp³-hybridized carbons (Fsp3) is 0.435. The summed E-state index contributed by atoms with van der Waals surface area (Å²) >= 11 is 0. The summed E-state index contributed by atoms with van der Waals surface area (Å²) in [5, 5.41) is 2.91. The molecule has 0 spiro atoms. The molecule has 1 N–H and O–H groups in total. The Hall–Kier alpha value is -2.93. The number of hydrogen-bond acceptors (Lipinski definition) is 4. The molecule has 0 bridgehead atoms. The lowest BCUT2D eigenvalue weighted by molar-refractivity contribution is 0.0761. The van der Waals surface area contributed by atoms with Crippen molar-refractivity contribution in [2.45, 2.75) is 32.2 Å². The quantitative estimate of drug-likeness (QED) is 0.754. The number of carbonyl (C=O) groups is 2. The van der Waals surface area contributed by atoms with Crippen LogP contribution < -0.4 is 5.32 Å². The summed E-state index contributed by atoms with van der Waals surface area (Å²) in [6, 6.07) is 10.7. The van der Waals surface area contributed by atoms with Crippen LogP contribution in [0.25, 0.3) is 0 Å². The molecular formula is C23H30N4O3. The van der Waals surface area contributed by atoms with E-state index in [1.807, 2.05) is 17.0 Å².